The predicted molar refractivity (Wildman–Crippen MR) is 65.9 cm³/mol. The van der Waals surface area contributed by atoms with Crippen LogP contribution in [0.2, 0.25) is 0 Å². The van der Waals surface area contributed by atoms with Crippen LogP contribution in [0.25, 0.3) is 0 Å². The molecule has 0 saturated heterocycles. The lowest BCUT2D eigenvalue weighted by molar-refractivity contribution is -0.384. The molecule has 0 unspecified atom stereocenters. The first-order valence-electron chi connectivity index (χ1n) is 4.28. The number of hydrogen-bond donors (Lipinski definition) is 0. The lowest BCUT2D eigenvalue weighted by Gasteiger charge is -2.06. The monoisotopic (exact) mass is 343 g/mol. The number of ether oxygens (including phenoxy) is 1. The molecule has 0 radical (unpaired) electrons. The van der Waals surface area contributed by atoms with Crippen molar-refractivity contribution in [1.29, 1.82) is 0 Å². The largest absolute Gasteiger partial charge is 0.491 e. The molecule has 94 valence electrons. The normalized spacial score (nSPS) is 11.2. The number of nitro benzene ring substituents is 1. The van der Waals surface area contributed by atoms with Gasteiger partial charge in [-0.1, -0.05) is 0 Å². The summed E-state index contributed by atoms with van der Waals surface area (Å²) in [6, 6.07) is 3.95. The zero-order valence-electron chi connectivity index (χ0n) is 8.30. The van der Waals surface area contributed by atoms with E-state index in [0.717, 1.165) is 0 Å². The third-order valence-corrected chi connectivity index (χ3v) is 3.48. The molecule has 0 amide bonds. The van der Waals surface area contributed by atoms with E-state index in [0.29, 0.717) is 4.47 Å². The molecule has 0 spiro atoms. The summed E-state index contributed by atoms with van der Waals surface area (Å²) in [4.78, 5) is 9.94. The van der Waals surface area contributed by atoms with Crippen LogP contribution in [0.5, 0.6) is 5.75 Å². The summed E-state index contributed by atoms with van der Waals surface area (Å²) in [6.45, 7) is -0.175. The molecule has 0 aliphatic rings. The summed E-state index contributed by atoms with van der Waals surface area (Å²) >= 11 is 3.13. The quantitative estimate of drug-likeness (QED) is 0.465. The van der Waals surface area contributed by atoms with E-state index in [1.807, 2.05) is 0 Å². The van der Waals surface area contributed by atoms with Gasteiger partial charge in [0, 0.05) is 16.7 Å². The van der Waals surface area contributed by atoms with Crippen molar-refractivity contribution in [3.63, 3.8) is 0 Å². The van der Waals surface area contributed by atoms with E-state index in [1.54, 1.807) is 0 Å². The molecule has 0 saturated carbocycles. The van der Waals surface area contributed by atoms with Gasteiger partial charge in [-0.2, -0.15) is 0 Å². The number of nitrogens with zero attached hydrogens (tertiary/aromatic N) is 1. The van der Waals surface area contributed by atoms with Gasteiger partial charge in [-0.05, 0) is 22.0 Å². The smallest absolute Gasteiger partial charge is 0.273 e. The highest BCUT2D eigenvalue weighted by atomic mass is 79.9. The zero-order valence-corrected chi connectivity index (χ0v) is 11.5. The first-order chi connectivity index (χ1) is 7.79. The average Bonchev–Trinajstić information content (AvgIpc) is 2.18. The fourth-order valence-electron chi connectivity index (χ4n) is 0.967. The van der Waals surface area contributed by atoms with Crippen LogP contribution >= 0.6 is 26.6 Å². The Morgan fingerprint density at radius 1 is 1.47 bits per heavy atom. The number of non-ortho nitro benzene ring substituents is 1. The van der Waals surface area contributed by atoms with Crippen LogP contribution in [0.4, 0.5) is 5.69 Å². The molecule has 1 aromatic carbocycles. The highest BCUT2D eigenvalue weighted by Crippen LogP contribution is 2.29. The lowest BCUT2D eigenvalue weighted by Crippen LogP contribution is -2.09. The number of benzene rings is 1. The van der Waals surface area contributed by atoms with Crippen molar-refractivity contribution in [3.05, 3.63) is 32.8 Å². The first-order valence-corrected chi connectivity index (χ1v) is 7.56. The molecule has 0 aromatic heterocycles. The minimum atomic E-state index is -3.64. The van der Waals surface area contributed by atoms with Crippen LogP contribution < -0.4 is 4.74 Å². The second kappa shape index (κ2) is 5.65. The summed E-state index contributed by atoms with van der Waals surface area (Å²) in [5, 5.41) is 10.5. The van der Waals surface area contributed by atoms with Crippen molar-refractivity contribution in [2.45, 2.75) is 0 Å². The standard InChI is InChI=1S/C8H7BrClNO5S/c9-7-2-1-6(11(12)13)5-8(7)16-3-4-17(10,14)15/h1-2,5H,3-4H2. The maximum atomic E-state index is 10.6. The molecular formula is C8H7BrClNO5S. The number of hydrogen-bond acceptors (Lipinski definition) is 5. The molecule has 1 rings (SSSR count). The maximum Gasteiger partial charge on any atom is 0.273 e. The third kappa shape index (κ3) is 4.88. The van der Waals surface area contributed by atoms with Gasteiger partial charge < -0.3 is 4.74 Å². The highest BCUT2D eigenvalue weighted by molar-refractivity contribution is 9.10. The SMILES string of the molecule is O=[N+]([O-])c1ccc(Br)c(OCCS(=O)(=O)Cl)c1. The van der Waals surface area contributed by atoms with Gasteiger partial charge in [-0.15, -0.1) is 0 Å². The molecule has 0 N–H and O–H groups in total. The minimum Gasteiger partial charge on any atom is -0.491 e. The number of nitro groups is 1. The van der Waals surface area contributed by atoms with E-state index < -0.39 is 14.0 Å². The Balaban J connectivity index is 2.76. The second-order valence-electron chi connectivity index (χ2n) is 2.96. The van der Waals surface area contributed by atoms with Crippen molar-refractivity contribution in [2.24, 2.45) is 0 Å². The van der Waals surface area contributed by atoms with Gasteiger partial charge in [0.1, 0.15) is 12.4 Å². The van der Waals surface area contributed by atoms with Crippen molar-refractivity contribution in [2.75, 3.05) is 12.4 Å². The van der Waals surface area contributed by atoms with Crippen LogP contribution in [-0.2, 0) is 9.05 Å². The summed E-state index contributed by atoms with van der Waals surface area (Å²) in [6.07, 6.45) is 0. The molecule has 1 aromatic rings. The third-order valence-electron chi connectivity index (χ3n) is 1.71. The van der Waals surface area contributed by atoms with Crippen LogP contribution in [0.3, 0.4) is 0 Å². The van der Waals surface area contributed by atoms with Crippen LogP contribution in [0.1, 0.15) is 0 Å². The Labute approximate surface area is 110 Å². The van der Waals surface area contributed by atoms with Crippen molar-refractivity contribution < 1.29 is 18.1 Å². The van der Waals surface area contributed by atoms with E-state index >= 15 is 0 Å². The molecule has 6 nitrogen and oxygen atoms in total. The molecule has 0 fully saturated rings. The van der Waals surface area contributed by atoms with E-state index in [1.165, 1.54) is 18.2 Å². The Morgan fingerprint density at radius 2 is 2.12 bits per heavy atom. The maximum absolute atomic E-state index is 10.6. The van der Waals surface area contributed by atoms with E-state index in [9.17, 15) is 18.5 Å². The van der Waals surface area contributed by atoms with Crippen LogP contribution in [0, 0.1) is 10.1 Å². The molecule has 17 heavy (non-hydrogen) atoms. The molecule has 0 aliphatic heterocycles. The average molecular weight is 345 g/mol. The Hall–Kier alpha value is -0.860. The van der Waals surface area contributed by atoms with Gasteiger partial charge in [-0.25, -0.2) is 8.42 Å². The van der Waals surface area contributed by atoms with Gasteiger partial charge >= 0.3 is 0 Å². The predicted octanol–water partition coefficient (Wildman–Crippen LogP) is 2.30. The summed E-state index contributed by atoms with van der Waals surface area (Å²) in [7, 11) is 1.36. The minimum absolute atomic E-state index is 0.142. The summed E-state index contributed by atoms with van der Waals surface area (Å²) in [5.74, 6) is -0.177. The van der Waals surface area contributed by atoms with Gasteiger partial charge in [0.15, 0.2) is 0 Å². The van der Waals surface area contributed by atoms with E-state index in [2.05, 4.69) is 15.9 Å². The van der Waals surface area contributed by atoms with E-state index in [4.69, 9.17) is 15.4 Å². The Kier molecular flexibility index (Phi) is 4.72. The molecular weight excluding hydrogens is 338 g/mol. The van der Waals surface area contributed by atoms with Crippen molar-refractivity contribution in [3.8, 4) is 5.75 Å². The summed E-state index contributed by atoms with van der Waals surface area (Å²) in [5.41, 5.74) is -0.142. The van der Waals surface area contributed by atoms with Crippen LogP contribution in [-0.4, -0.2) is 25.7 Å². The van der Waals surface area contributed by atoms with E-state index in [-0.39, 0.29) is 23.8 Å². The zero-order chi connectivity index (χ0) is 13.1. The van der Waals surface area contributed by atoms with Crippen LogP contribution in [0.15, 0.2) is 22.7 Å². The summed E-state index contributed by atoms with van der Waals surface area (Å²) < 4.78 is 26.9. The molecule has 0 bridgehead atoms. The Bertz CT molecular complexity index is 533. The lowest BCUT2D eigenvalue weighted by atomic mass is 10.3. The van der Waals surface area contributed by atoms with Gasteiger partial charge in [-0.3, -0.25) is 10.1 Å². The van der Waals surface area contributed by atoms with Crippen molar-refractivity contribution in [1.82, 2.24) is 0 Å². The number of rotatable bonds is 5. The Morgan fingerprint density at radius 3 is 2.65 bits per heavy atom. The van der Waals surface area contributed by atoms with Crippen molar-refractivity contribution >= 4 is 41.4 Å². The fraction of sp³-hybridized carbons (Fsp3) is 0.250. The van der Waals surface area contributed by atoms with Gasteiger partial charge in [0.05, 0.1) is 21.2 Å². The molecule has 0 atom stereocenters. The topological polar surface area (TPSA) is 86.5 Å². The molecule has 0 heterocycles. The van der Waals surface area contributed by atoms with Gasteiger partial charge in [0.25, 0.3) is 5.69 Å². The molecule has 0 aliphatic carbocycles. The van der Waals surface area contributed by atoms with Gasteiger partial charge in [0.2, 0.25) is 9.05 Å². The fourth-order valence-corrected chi connectivity index (χ4v) is 1.80. The first kappa shape index (κ1) is 14.2. The highest BCUT2D eigenvalue weighted by Gasteiger charge is 2.11. The second-order valence-corrected chi connectivity index (χ2v) is 6.71. The number of halogens is 2. The molecule has 9 heteroatoms.